The van der Waals surface area contributed by atoms with Crippen LogP contribution in [-0.4, -0.2) is 55.5 Å². The average Bonchev–Trinajstić information content (AvgIpc) is 2.96. The van der Waals surface area contributed by atoms with E-state index in [-0.39, 0.29) is 11.6 Å². The summed E-state index contributed by atoms with van der Waals surface area (Å²) < 4.78 is 10.7. The first kappa shape index (κ1) is 23.7. The van der Waals surface area contributed by atoms with Gasteiger partial charge in [-0.1, -0.05) is 41.4 Å². The SMILES string of the molecule is COc1cccc(CN(C)C(=O)CN2C(=O)N[C@](C)(c3ccc(Cl)cc3Cl)C2=O)c1OC. The minimum Gasteiger partial charge on any atom is -0.493 e. The molecule has 2 aromatic rings. The van der Waals surface area contributed by atoms with E-state index in [1.807, 2.05) is 0 Å². The van der Waals surface area contributed by atoms with E-state index in [0.717, 1.165) is 10.5 Å². The number of carbonyl (C=O) groups excluding carboxylic acids is 3. The third-order valence-corrected chi connectivity index (χ3v) is 5.90. The lowest BCUT2D eigenvalue weighted by Gasteiger charge is -2.24. The molecule has 0 saturated carbocycles. The summed E-state index contributed by atoms with van der Waals surface area (Å²) in [4.78, 5) is 40.8. The van der Waals surface area contributed by atoms with Crippen molar-refractivity contribution < 1.29 is 23.9 Å². The Morgan fingerprint density at radius 1 is 1.16 bits per heavy atom. The maximum atomic E-state index is 13.1. The van der Waals surface area contributed by atoms with Gasteiger partial charge in [0.1, 0.15) is 12.1 Å². The summed E-state index contributed by atoms with van der Waals surface area (Å²) in [5.41, 5.74) is -0.294. The molecule has 0 unspecified atom stereocenters. The highest BCUT2D eigenvalue weighted by atomic mass is 35.5. The molecule has 1 heterocycles. The number of nitrogens with zero attached hydrogens (tertiary/aromatic N) is 2. The molecule has 1 aliphatic heterocycles. The maximum Gasteiger partial charge on any atom is 0.325 e. The Morgan fingerprint density at radius 2 is 1.88 bits per heavy atom. The van der Waals surface area contributed by atoms with Crippen LogP contribution < -0.4 is 14.8 Å². The second-order valence-electron chi connectivity index (χ2n) is 7.47. The summed E-state index contributed by atoms with van der Waals surface area (Å²) in [6.07, 6.45) is 0. The Hall–Kier alpha value is -2.97. The summed E-state index contributed by atoms with van der Waals surface area (Å²) >= 11 is 12.2. The van der Waals surface area contributed by atoms with Crippen molar-refractivity contribution in [3.63, 3.8) is 0 Å². The van der Waals surface area contributed by atoms with Gasteiger partial charge in [-0.05, 0) is 25.1 Å². The molecule has 32 heavy (non-hydrogen) atoms. The zero-order chi connectivity index (χ0) is 23.6. The number of rotatable bonds is 7. The number of urea groups is 1. The molecule has 3 rings (SSSR count). The summed E-state index contributed by atoms with van der Waals surface area (Å²) in [6, 6.07) is 9.31. The number of methoxy groups -OCH3 is 2. The van der Waals surface area contributed by atoms with Gasteiger partial charge in [-0.2, -0.15) is 0 Å². The average molecular weight is 480 g/mol. The van der Waals surface area contributed by atoms with E-state index in [0.29, 0.717) is 22.1 Å². The number of halogens is 2. The molecule has 1 N–H and O–H groups in total. The van der Waals surface area contributed by atoms with E-state index in [4.69, 9.17) is 32.7 Å². The van der Waals surface area contributed by atoms with E-state index in [9.17, 15) is 14.4 Å². The van der Waals surface area contributed by atoms with Crippen molar-refractivity contribution in [2.45, 2.75) is 19.0 Å². The molecule has 0 radical (unpaired) electrons. The van der Waals surface area contributed by atoms with Gasteiger partial charge < -0.3 is 19.7 Å². The molecule has 2 aromatic carbocycles. The molecule has 10 heteroatoms. The van der Waals surface area contributed by atoms with Crippen LogP contribution >= 0.6 is 23.2 Å². The second kappa shape index (κ2) is 9.26. The smallest absolute Gasteiger partial charge is 0.325 e. The van der Waals surface area contributed by atoms with E-state index in [1.54, 1.807) is 37.4 Å². The van der Waals surface area contributed by atoms with Gasteiger partial charge in [0, 0.05) is 34.8 Å². The molecule has 4 amide bonds. The number of nitrogens with one attached hydrogen (secondary N) is 1. The van der Waals surface area contributed by atoms with Gasteiger partial charge in [-0.3, -0.25) is 14.5 Å². The molecule has 8 nitrogen and oxygen atoms in total. The Bertz CT molecular complexity index is 1080. The first-order valence-corrected chi connectivity index (χ1v) is 10.4. The van der Waals surface area contributed by atoms with Crippen molar-refractivity contribution in [1.82, 2.24) is 15.1 Å². The zero-order valence-electron chi connectivity index (χ0n) is 18.1. The summed E-state index contributed by atoms with van der Waals surface area (Å²) in [5, 5.41) is 3.28. The minimum absolute atomic E-state index is 0.198. The number of amides is 4. The van der Waals surface area contributed by atoms with Crippen LogP contribution in [0.2, 0.25) is 10.0 Å². The molecule has 1 saturated heterocycles. The lowest BCUT2D eigenvalue weighted by Crippen LogP contribution is -2.43. The predicted octanol–water partition coefficient (Wildman–Crippen LogP) is 3.44. The molecule has 0 spiro atoms. The third kappa shape index (κ3) is 4.33. The Morgan fingerprint density at radius 3 is 2.50 bits per heavy atom. The Kier molecular flexibility index (Phi) is 6.85. The van der Waals surface area contributed by atoms with Crippen LogP contribution in [-0.2, 0) is 21.7 Å². The minimum atomic E-state index is -1.41. The van der Waals surface area contributed by atoms with E-state index < -0.39 is 29.9 Å². The Balaban J connectivity index is 1.76. The van der Waals surface area contributed by atoms with Gasteiger partial charge in [-0.15, -0.1) is 0 Å². The fourth-order valence-corrected chi connectivity index (χ4v) is 4.19. The summed E-state index contributed by atoms with van der Waals surface area (Å²) in [6.45, 7) is 1.31. The van der Waals surface area contributed by atoms with E-state index in [1.165, 1.54) is 32.1 Å². The number of carbonyl (C=O) groups is 3. The third-order valence-electron chi connectivity index (χ3n) is 5.36. The van der Waals surface area contributed by atoms with E-state index in [2.05, 4.69) is 5.32 Å². The maximum absolute atomic E-state index is 13.1. The summed E-state index contributed by atoms with van der Waals surface area (Å²) in [7, 11) is 4.62. The van der Waals surface area contributed by atoms with Crippen molar-refractivity contribution in [3.8, 4) is 11.5 Å². The van der Waals surface area contributed by atoms with Gasteiger partial charge in [0.2, 0.25) is 5.91 Å². The standard InChI is InChI=1S/C22H23Cl2N3O5/c1-22(15-9-8-14(23)10-16(15)24)20(29)27(21(30)25-22)12-18(28)26(2)11-13-6-5-7-17(31-3)19(13)32-4/h5-10H,11-12H2,1-4H3,(H,25,30)/t22-/m1/s1. The number of hydrogen-bond donors (Lipinski definition) is 1. The normalized spacial score (nSPS) is 17.9. The van der Waals surface area contributed by atoms with Gasteiger partial charge in [0.05, 0.1) is 14.2 Å². The summed E-state index contributed by atoms with van der Waals surface area (Å²) in [5.74, 6) is 0.0439. The van der Waals surface area contributed by atoms with Crippen molar-refractivity contribution in [1.29, 1.82) is 0 Å². The molecule has 1 atom stereocenters. The molecular weight excluding hydrogens is 457 g/mol. The van der Waals surface area contributed by atoms with Gasteiger partial charge >= 0.3 is 6.03 Å². The highest BCUT2D eigenvalue weighted by Gasteiger charge is 2.50. The lowest BCUT2D eigenvalue weighted by atomic mass is 9.92. The fraction of sp³-hybridized carbons (Fsp3) is 0.318. The molecule has 170 valence electrons. The van der Waals surface area contributed by atoms with Crippen molar-refractivity contribution in [3.05, 3.63) is 57.6 Å². The number of hydrogen-bond acceptors (Lipinski definition) is 5. The molecule has 0 aliphatic carbocycles. The van der Waals surface area contributed by atoms with Crippen LogP contribution in [0.1, 0.15) is 18.1 Å². The quantitative estimate of drug-likeness (QED) is 0.614. The van der Waals surface area contributed by atoms with Crippen LogP contribution in [0.3, 0.4) is 0 Å². The predicted molar refractivity (Wildman–Crippen MR) is 120 cm³/mol. The number of likely N-dealkylation sites (N-methyl/N-ethyl adjacent to an activating group) is 1. The highest BCUT2D eigenvalue weighted by Crippen LogP contribution is 2.35. The number of imide groups is 1. The van der Waals surface area contributed by atoms with Crippen molar-refractivity contribution in [2.24, 2.45) is 0 Å². The molecule has 0 bridgehead atoms. The number of para-hydroxylation sites is 1. The van der Waals surface area contributed by atoms with Gasteiger partial charge in [0.15, 0.2) is 11.5 Å². The first-order valence-electron chi connectivity index (χ1n) is 9.65. The zero-order valence-corrected chi connectivity index (χ0v) is 19.6. The van der Waals surface area contributed by atoms with E-state index >= 15 is 0 Å². The highest BCUT2D eigenvalue weighted by molar-refractivity contribution is 6.35. The number of ether oxygens (including phenoxy) is 2. The van der Waals surface area contributed by atoms with Crippen molar-refractivity contribution >= 4 is 41.0 Å². The largest absolute Gasteiger partial charge is 0.493 e. The van der Waals surface area contributed by atoms with Crippen molar-refractivity contribution in [2.75, 3.05) is 27.8 Å². The monoisotopic (exact) mass is 479 g/mol. The lowest BCUT2D eigenvalue weighted by molar-refractivity contribution is -0.138. The molecular formula is C22H23Cl2N3O5. The van der Waals surface area contributed by atoms with Crippen LogP contribution in [0.5, 0.6) is 11.5 Å². The number of benzene rings is 2. The molecule has 1 fully saturated rings. The molecule has 0 aromatic heterocycles. The van der Waals surface area contributed by atoms with Crippen LogP contribution in [0.4, 0.5) is 4.79 Å². The van der Waals surface area contributed by atoms with Crippen LogP contribution in [0, 0.1) is 0 Å². The molecule has 1 aliphatic rings. The topological polar surface area (TPSA) is 88.2 Å². The Labute approximate surface area is 196 Å². The van der Waals surface area contributed by atoms with Gasteiger partial charge in [-0.25, -0.2) is 4.79 Å². The van der Waals surface area contributed by atoms with Crippen LogP contribution in [0.25, 0.3) is 0 Å². The first-order chi connectivity index (χ1) is 15.1. The van der Waals surface area contributed by atoms with Crippen LogP contribution in [0.15, 0.2) is 36.4 Å². The van der Waals surface area contributed by atoms with Gasteiger partial charge in [0.25, 0.3) is 5.91 Å². The fourth-order valence-electron chi connectivity index (χ4n) is 3.60. The second-order valence-corrected chi connectivity index (χ2v) is 8.32.